The highest BCUT2D eigenvalue weighted by atomic mass is 19.1. The number of piperidine rings is 1. The van der Waals surface area contributed by atoms with Crippen LogP contribution in [0.4, 0.5) is 9.18 Å². The van der Waals surface area contributed by atoms with Crippen molar-refractivity contribution in [3.8, 4) is 0 Å². The van der Waals surface area contributed by atoms with Gasteiger partial charge in [-0.3, -0.25) is 4.98 Å². The average Bonchev–Trinajstić information content (AvgIpc) is 2.71. The van der Waals surface area contributed by atoms with Crippen LogP contribution in [-0.4, -0.2) is 38.8 Å². The van der Waals surface area contributed by atoms with Crippen LogP contribution in [0.25, 0.3) is 0 Å². The van der Waals surface area contributed by atoms with E-state index in [1.165, 1.54) is 12.1 Å². The van der Waals surface area contributed by atoms with Crippen LogP contribution >= 0.6 is 0 Å². The van der Waals surface area contributed by atoms with E-state index < -0.39 is 17.0 Å². The second-order valence-corrected chi connectivity index (χ2v) is 7.57. The topological polar surface area (TPSA) is 62.7 Å². The molecule has 0 saturated carbocycles. The van der Waals surface area contributed by atoms with Gasteiger partial charge in [-0.05, 0) is 45.7 Å². The fourth-order valence-electron chi connectivity index (χ4n) is 3.70. The molecule has 1 N–H and O–H groups in total. The van der Waals surface area contributed by atoms with Crippen molar-refractivity contribution in [3.05, 3.63) is 29.8 Å². The summed E-state index contributed by atoms with van der Waals surface area (Å²) in [5.74, 6) is -0.425. The second-order valence-electron chi connectivity index (χ2n) is 7.57. The fourth-order valence-corrected chi connectivity index (χ4v) is 3.70. The summed E-state index contributed by atoms with van der Waals surface area (Å²) >= 11 is 0. The maximum atomic E-state index is 13.1. The quantitative estimate of drug-likeness (QED) is 0.863. The van der Waals surface area contributed by atoms with Crippen molar-refractivity contribution in [1.29, 1.82) is 0 Å². The third kappa shape index (κ3) is 3.17. The molecule has 126 valence electrons. The number of aliphatic hydroxyl groups is 1. The van der Waals surface area contributed by atoms with Crippen molar-refractivity contribution >= 4 is 6.09 Å². The van der Waals surface area contributed by atoms with Crippen molar-refractivity contribution in [3.63, 3.8) is 0 Å². The standard InChI is InChI=1S/C17H23FN2O3/c1-16(2,3)23-15(21)20-12-5-6-13(20)9-17(22,8-12)14-7-4-11(18)10-19-14/h4,7,10,12-13,22H,5-6,8-9H2,1-3H3. The summed E-state index contributed by atoms with van der Waals surface area (Å²) < 4.78 is 18.5. The summed E-state index contributed by atoms with van der Waals surface area (Å²) in [6.07, 6.45) is 3.29. The molecule has 2 aliphatic rings. The Hall–Kier alpha value is -1.69. The Morgan fingerprint density at radius 3 is 2.43 bits per heavy atom. The molecule has 3 heterocycles. The average molecular weight is 322 g/mol. The number of rotatable bonds is 1. The SMILES string of the molecule is CC(C)(C)OC(=O)N1C2CCC1CC(O)(c1ccc(F)cn1)C2. The van der Waals surface area contributed by atoms with Gasteiger partial charge in [0.25, 0.3) is 0 Å². The number of aromatic nitrogens is 1. The van der Waals surface area contributed by atoms with Crippen molar-refractivity contribution in [2.24, 2.45) is 0 Å². The van der Waals surface area contributed by atoms with Gasteiger partial charge in [0.05, 0.1) is 11.9 Å². The number of carbonyl (C=O) groups is 1. The Kier molecular flexibility index (Phi) is 3.83. The molecule has 2 unspecified atom stereocenters. The first-order valence-electron chi connectivity index (χ1n) is 8.04. The third-order valence-electron chi connectivity index (χ3n) is 4.58. The predicted octanol–water partition coefficient (Wildman–Crippen LogP) is 2.97. The Morgan fingerprint density at radius 2 is 1.96 bits per heavy atom. The van der Waals surface area contributed by atoms with E-state index in [1.807, 2.05) is 20.8 Å². The summed E-state index contributed by atoms with van der Waals surface area (Å²) in [6, 6.07) is 2.70. The zero-order chi connectivity index (χ0) is 16.8. The number of halogens is 1. The minimum Gasteiger partial charge on any atom is -0.444 e. The summed E-state index contributed by atoms with van der Waals surface area (Å²) in [4.78, 5) is 18.2. The van der Waals surface area contributed by atoms with Gasteiger partial charge in [0.2, 0.25) is 0 Å². The number of hydrogen-bond donors (Lipinski definition) is 1. The van der Waals surface area contributed by atoms with Crippen LogP contribution in [0.1, 0.15) is 52.1 Å². The molecular weight excluding hydrogens is 299 g/mol. The van der Waals surface area contributed by atoms with E-state index in [4.69, 9.17) is 4.74 Å². The third-order valence-corrected chi connectivity index (χ3v) is 4.58. The van der Waals surface area contributed by atoms with Crippen LogP contribution < -0.4 is 0 Å². The van der Waals surface area contributed by atoms with E-state index in [0.29, 0.717) is 18.5 Å². The lowest BCUT2D eigenvalue weighted by molar-refractivity contribution is -0.0647. The number of amides is 1. The predicted molar refractivity (Wildman–Crippen MR) is 82.2 cm³/mol. The summed E-state index contributed by atoms with van der Waals surface area (Å²) in [7, 11) is 0. The van der Waals surface area contributed by atoms with Gasteiger partial charge in [0, 0.05) is 24.9 Å². The molecule has 2 aliphatic heterocycles. The van der Waals surface area contributed by atoms with E-state index in [2.05, 4.69) is 4.98 Å². The molecule has 0 spiro atoms. The highest BCUT2D eigenvalue weighted by Crippen LogP contribution is 2.45. The molecule has 6 heteroatoms. The molecule has 0 aliphatic carbocycles. The molecule has 3 rings (SSSR count). The van der Waals surface area contributed by atoms with E-state index in [9.17, 15) is 14.3 Å². The molecule has 1 aromatic heterocycles. The Labute approximate surface area is 135 Å². The van der Waals surface area contributed by atoms with E-state index in [1.54, 1.807) is 4.90 Å². The number of hydrogen-bond acceptors (Lipinski definition) is 4. The first-order valence-corrected chi connectivity index (χ1v) is 8.04. The van der Waals surface area contributed by atoms with Crippen molar-refractivity contribution in [2.75, 3.05) is 0 Å². The molecule has 23 heavy (non-hydrogen) atoms. The maximum Gasteiger partial charge on any atom is 0.410 e. The lowest BCUT2D eigenvalue weighted by atomic mass is 9.83. The minimum absolute atomic E-state index is 0.0690. The van der Waals surface area contributed by atoms with Gasteiger partial charge < -0.3 is 14.7 Å². The minimum atomic E-state index is -1.11. The highest BCUT2D eigenvalue weighted by Gasteiger charge is 2.51. The Morgan fingerprint density at radius 1 is 1.35 bits per heavy atom. The van der Waals surface area contributed by atoms with Gasteiger partial charge in [0.15, 0.2) is 0 Å². The van der Waals surface area contributed by atoms with Crippen LogP contribution in [0.5, 0.6) is 0 Å². The molecular formula is C17H23FN2O3. The zero-order valence-electron chi connectivity index (χ0n) is 13.8. The molecule has 2 saturated heterocycles. The fraction of sp³-hybridized carbons (Fsp3) is 0.647. The van der Waals surface area contributed by atoms with E-state index in [0.717, 1.165) is 19.0 Å². The number of fused-ring (bicyclic) bond motifs is 2. The monoisotopic (exact) mass is 322 g/mol. The number of nitrogens with zero attached hydrogens (tertiary/aromatic N) is 2. The molecule has 2 bridgehead atoms. The van der Waals surface area contributed by atoms with Gasteiger partial charge in [-0.1, -0.05) is 0 Å². The van der Waals surface area contributed by atoms with Gasteiger partial charge in [-0.15, -0.1) is 0 Å². The zero-order valence-corrected chi connectivity index (χ0v) is 13.8. The lowest BCUT2D eigenvalue weighted by Gasteiger charge is -2.43. The molecule has 2 fully saturated rings. The van der Waals surface area contributed by atoms with Gasteiger partial charge in [-0.25, -0.2) is 9.18 Å². The van der Waals surface area contributed by atoms with Crippen molar-refractivity contribution < 1.29 is 19.0 Å². The van der Waals surface area contributed by atoms with Crippen LogP contribution in [-0.2, 0) is 10.3 Å². The molecule has 5 nitrogen and oxygen atoms in total. The number of pyridine rings is 1. The van der Waals surface area contributed by atoms with Crippen molar-refractivity contribution in [1.82, 2.24) is 9.88 Å². The summed E-state index contributed by atoms with van der Waals surface area (Å²) in [6.45, 7) is 5.53. The van der Waals surface area contributed by atoms with Gasteiger partial charge in [-0.2, -0.15) is 0 Å². The maximum absolute atomic E-state index is 13.1. The first-order chi connectivity index (χ1) is 10.7. The molecule has 2 atom stereocenters. The van der Waals surface area contributed by atoms with E-state index >= 15 is 0 Å². The normalized spacial score (nSPS) is 30.4. The largest absolute Gasteiger partial charge is 0.444 e. The summed E-state index contributed by atoms with van der Waals surface area (Å²) in [5.41, 5.74) is -1.18. The molecule has 1 amide bonds. The highest BCUT2D eigenvalue weighted by molar-refractivity contribution is 5.69. The molecule has 0 aromatic carbocycles. The van der Waals surface area contributed by atoms with Gasteiger partial charge in [0.1, 0.15) is 17.0 Å². The van der Waals surface area contributed by atoms with Crippen LogP contribution in [0, 0.1) is 5.82 Å². The number of carbonyl (C=O) groups excluding carboxylic acids is 1. The molecule has 0 radical (unpaired) electrons. The smallest absolute Gasteiger partial charge is 0.410 e. The Balaban J connectivity index is 1.79. The second kappa shape index (κ2) is 5.44. The van der Waals surface area contributed by atoms with Crippen LogP contribution in [0.2, 0.25) is 0 Å². The van der Waals surface area contributed by atoms with E-state index in [-0.39, 0.29) is 18.2 Å². The van der Waals surface area contributed by atoms with Crippen LogP contribution in [0.15, 0.2) is 18.3 Å². The lowest BCUT2D eigenvalue weighted by Crippen LogP contribution is -2.53. The Bertz CT molecular complexity index is 583. The van der Waals surface area contributed by atoms with Crippen molar-refractivity contribution in [2.45, 2.75) is 69.7 Å². The number of ether oxygens (including phenoxy) is 1. The van der Waals surface area contributed by atoms with Crippen LogP contribution in [0.3, 0.4) is 0 Å². The summed E-state index contributed by atoms with van der Waals surface area (Å²) in [5, 5.41) is 11.0. The van der Waals surface area contributed by atoms with Gasteiger partial charge >= 0.3 is 6.09 Å². The first kappa shape index (κ1) is 16.2. The molecule has 1 aromatic rings.